The predicted molar refractivity (Wildman–Crippen MR) is 103 cm³/mol. The zero-order chi connectivity index (χ0) is 16.8. The van der Waals surface area contributed by atoms with Crippen LogP contribution in [0.1, 0.15) is 30.1 Å². The lowest BCUT2D eigenvalue weighted by Crippen LogP contribution is -2.31. The second-order valence-electron chi connectivity index (χ2n) is 5.68. The molecule has 1 aromatic heterocycles. The predicted octanol–water partition coefficient (Wildman–Crippen LogP) is 5.86. The van der Waals surface area contributed by atoms with Crippen molar-refractivity contribution in [1.82, 2.24) is 0 Å². The monoisotopic (exact) mass is 335 g/mol. The maximum atomic E-state index is 12.9. The van der Waals surface area contributed by atoms with Crippen molar-refractivity contribution in [3.8, 4) is 10.4 Å². The Bertz CT molecular complexity index is 780. The summed E-state index contributed by atoms with van der Waals surface area (Å²) in [5.41, 5.74) is 1.93. The van der Waals surface area contributed by atoms with E-state index in [2.05, 4.69) is 31.2 Å². The number of carbonyl (C=O) groups excluding carboxylic acids is 1. The van der Waals surface area contributed by atoms with Crippen molar-refractivity contribution < 1.29 is 4.79 Å². The van der Waals surface area contributed by atoms with E-state index in [1.54, 1.807) is 11.3 Å². The van der Waals surface area contributed by atoms with E-state index in [1.165, 1.54) is 10.4 Å². The van der Waals surface area contributed by atoms with Crippen LogP contribution in [0.15, 0.2) is 72.8 Å². The van der Waals surface area contributed by atoms with E-state index < -0.39 is 0 Å². The minimum absolute atomic E-state index is 0.0745. The van der Waals surface area contributed by atoms with Gasteiger partial charge in [0.2, 0.25) is 0 Å². The molecule has 1 amide bonds. The summed E-state index contributed by atoms with van der Waals surface area (Å²) in [6.07, 6.45) is 2.06. The van der Waals surface area contributed by atoms with Crippen LogP contribution in [0.4, 0.5) is 5.00 Å². The van der Waals surface area contributed by atoms with Crippen molar-refractivity contribution >= 4 is 22.2 Å². The first-order chi connectivity index (χ1) is 11.8. The number of thiophene rings is 1. The first-order valence-corrected chi connectivity index (χ1v) is 9.13. The summed E-state index contributed by atoms with van der Waals surface area (Å²) in [6, 6.07) is 24.0. The molecule has 0 bridgehead atoms. The maximum Gasteiger partial charge on any atom is 0.258 e. The standard InChI is InChI=1S/C21H21NOS/c1-2-3-16-22(21(23)18-12-8-5-9-13-18)20-15-14-19(24-20)17-10-6-4-7-11-17/h4-15H,2-3,16H2,1H3. The number of hydrogen-bond acceptors (Lipinski definition) is 2. The lowest BCUT2D eigenvalue weighted by atomic mass is 10.2. The molecule has 3 heteroatoms. The van der Waals surface area contributed by atoms with E-state index in [0.717, 1.165) is 30.0 Å². The van der Waals surface area contributed by atoms with E-state index in [0.29, 0.717) is 0 Å². The van der Waals surface area contributed by atoms with Crippen LogP contribution in [0.5, 0.6) is 0 Å². The third kappa shape index (κ3) is 3.74. The van der Waals surface area contributed by atoms with E-state index in [9.17, 15) is 4.79 Å². The van der Waals surface area contributed by atoms with Crippen LogP contribution in [0, 0.1) is 0 Å². The highest BCUT2D eigenvalue weighted by atomic mass is 32.1. The van der Waals surface area contributed by atoms with Gasteiger partial charge in [0.1, 0.15) is 0 Å². The van der Waals surface area contributed by atoms with Crippen LogP contribution in [-0.4, -0.2) is 12.5 Å². The Labute approximate surface area is 147 Å². The Morgan fingerprint density at radius 3 is 2.25 bits per heavy atom. The fourth-order valence-electron chi connectivity index (χ4n) is 2.59. The third-order valence-corrected chi connectivity index (χ3v) is 5.07. The van der Waals surface area contributed by atoms with E-state index in [4.69, 9.17) is 0 Å². The molecule has 0 spiro atoms. The molecule has 3 rings (SSSR count). The van der Waals surface area contributed by atoms with E-state index in [-0.39, 0.29) is 5.91 Å². The van der Waals surface area contributed by atoms with Crippen molar-refractivity contribution in [3.05, 3.63) is 78.4 Å². The van der Waals surface area contributed by atoms with Crippen LogP contribution < -0.4 is 4.90 Å². The van der Waals surface area contributed by atoms with Crippen LogP contribution in [0.25, 0.3) is 10.4 Å². The third-order valence-electron chi connectivity index (χ3n) is 3.92. The molecule has 2 nitrogen and oxygen atoms in total. The van der Waals surface area contributed by atoms with Crippen LogP contribution in [0.3, 0.4) is 0 Å². The highest BCUT2D eigenvalue weighted by Crippen LogP contribution is 2.34. The second-order valence-corrected chi connectivity index (χ2v) is 6.74. The topological polar surface area (TPSA) is 20.3 Å². The largest absolute Gasteiger partial charge is 0.300 e. The van der Waals surface area contributed by atoms with Gasteiger partial charge >= 0.3 is 0 Å². The number of unbranched alkanes of at least 4 members (excludes halogenated alkanes) is 1. The lowest BCUT2D eigenvalue weighted by Gasteiger charge is -2.21. The first kappa shape index (κ1) is 16.5. The van der Waals surface area contributed by atoms with E-state index >= 15 is 0 Å². The number of nitrogens with zero attached hydrogens (tertiary/aromatic N) is 1. The fourth-order valence-corrected chi connectivity index (χ4v) is 3.63. The summed E-state index contributed by atoms with van der Waals surface area (Å²) in [7, 11) is 0. The van der Waals surface area contributed by atoms with Gasteiger partial charge < -0.3 is 0 Å². The zero-order valence-electron chi connectivity index (χ0n) is 13.8. The second kappa shape index (κ2) is 7.93. The molecule has 1 heterocycles. The van der Waals surface area contributed by atoms with Gasteiger partial charge in [0.05, 0.1) is 5.00 Å². The lowest BCUT2D eigenvalue weighted by molar-refractivity contribution is 0.0987. The van der Waals surface area contributed by atoms with Crippen molar-refractivity contribution in [1.29, 1.82) is 0 Å². The number of benzene rings is 2. The SMILES string of the molecule is CCCCN(C(=O)c1ccccc1)c1ccc(-c2ccccc2)s1. The van der Waals surface area contributed by atoms with Gasteiger partial charge in [0, 0.05) is 17.0 Å². The molecule has 0 aliphatic rings. The zero-order valence-corrected chi connectivity index (χ0v) is 14.6. The molecule has 0 fully saturated rings. The number of rotatable bonds is 6. The molecule has 0 N–H and O–H groups in total. The molecule has 24 heavy (non-hydrogen) atoms. The molecular weight excluding hydrogens is 314 g/mol. The van der Waals surface area contributed by atoms with Gasteiger partial charge in [-0.1, -0.05) is 61.9 Å². The first-order valence-electron chi connectivity index (χ1n) is 8.31. The van der Waals surface area contributed by atoms with Gasteiger partial charge in [0.25, 0.3) is 5.91 Å². The average molecular weight is 335 g/mol. The summed E-state index contributed by atoms with van der Waals surface area (Å²) < 4.78 is 0. The summed E-state index contributed by atoms with van der Waals surface area (Å²) >= 11 is 1.67. The molecule has 3 aromatic rings. The maximum absolute atomic E-state index is 12.9. The number of amides is 1. The van der Waals surface area contributed by atoms with Crippen molar-refractivity contribution in [2.75, 3.05) is 11.4 Å². The van der Waals surface area contributed by atoms with Gasteiger partial charge in [-0.25, -0.2) is 0 Å². The molecule has 122 valence electrons. The number of anilines is 1. The minimum atomic E-state index is 0.0745. The summed E-state index contributed by atoms with van der Waals surface area (Å²) in [5.74, 6) is 0.0745. The van der Waals surface area contributed by atoms with Gasteiger partial charge in [0.15, 0.2) is 0 Å². The molecule has 2 aromatic carbocycles. The summed E-state index contributed by atoms with van der Waals surface area (Å²) in [5, 5.41) is 1.01. The van der Waals surface area contributed by atoms with E-state index in [1.807, 2.05) is 53.4 Å². The Morgan fingerprint density at radius 2 is 1.58 bits per heavy atom. The normalized spacial score (nSPS) is 10.5. The molecule has 0 radical (unpaired) electrons. The molecule has 0 aliphatic carbocycles. The van der Waals surface area contributed by atoms with Crippen molar-refractivity contribution in [2.24, 2.45) is 0 Å². The molecule has 0 saturated carbocycles. The van der Waals surface area contributed by atoms with Gasteiger partial charge in [-0.15, -0.1) is 11.3 Å². The number of hydrogen-bond donors (Lipinski definition) is 0. The fraction of sp³-hybridized carbons (Fsp3) is 0.190. The minimum Gasteiger partial charge on any atom is -0.300 e. The summed E-state index contributed by atoms with van der Waals surface area (Å²) in [6.45, 7) is 2.90. The Hall–Kier alpha value is -2.39. The molecule has 0 aliphatic heterocycles. The highest BCUT2D eigenvalue weighted by molar-refractivity contribution is 7.19. The Kier molecular flexibility index (Phi) is 5.44. The van der Waals surface area contributed by atoms with Gasteiger partial charge in [-0.05, 0) is 36.2 Å². The molecule has 0 unspecified atom stereocenters. The summed E-state index contributed by atoms with van der Waals surface area (Å²) in [4.78, 5) is 16.0. The Balaban J connectivity index is 1.89. The number of carbonyl (C=O) groups is 1. The van der Waals surface area contributed by atoms with Gasteiger partial charge in [-0.3, -0.25) is 9.69 Å². The quantitative estimate of drug-likeness (QED) is 0.552. The highest BCUT2D eigenvalue weighted by Gasteiger charge is 2.19. The molecule has 0 atom stereocenters. The van der Waals surface area contributed by atoms with Crippen molar-refractivity contribution in [2.45, 2.75) is 19.8 Å². The average Bonchev–Trinajstić information content (AvgIpc) is 3.13. The molecular formula is C21H21NOS. The van der Waals surface area contributed by atoms with Gasteiger partial charge in [-0.2, -0.15) is 0 Å². The van der Waals surface area contributed by atoms with Crippen LogP contribution in [0.2, 0.25) is 0 Å². The van der Waals surface area contributed by atoms with Crippen LogP contribution >= 0.6 is 11.3 Å². The smallest absolute Gasteiger partial charge is 0.258 e. The van der Waals surface area contributed by atoms with Crippen molar-refractivity contribution in [3.63, 3.8) is 0 Å². The van der Waals surface area contributed by atoms with Crippen LogP contribution in [-0.2, 0) is 0 Å². The molecule has 0 saturated heterocycles. The Morgan fingerprint density at radius 1 is 0.917 bits per heavy atom.